The largest absolute Gasteiger partial charge is 0.346 e. The van der Waals surface area contributed by atoms with Gasteiger partial charge in [-0.25, -0.2) is 0 Å². The van der Waals surface area contributed by atoms with Gasteiger partial charge in [0.15, 0.2) is 0 Å². The van der Waals surface area contributed by atoms with Crippen molar-refractivity contribution in [3.05, 3.63) is 25.3 Å². The molecule has 0 aliphatic heterocycles. The van der Waals surface area contributed by atoms with Crippen LogP contribution in [-0.4, -0.2) is 28.0 Å². The van der Waals surface area contributed by atoms with E-state index in [0.717, 1.165) is 0 Å². The zero-order valence-electron chi connectivity index (χ0n) is 10.8. The van der Waals surface area contributed by atoms with Gasteiger partial charge in [0.05, 0.1) is 0 Å². The Morgan fingerprint density at radius 2 is 1.87 bits per heavy atom. The van der Waals surface area contributed by atoms with Crippen LogP contribution in [0.1, 0.15) is 13.3 Å². The van der Waals surface area contributed by atoms with Crippen molar-refractivity contribution in [1.82, 2.24) is 4.23 Å². The first-order valence-electron chi connectivity index (χ1n) is 5.81. The maximum Gasteiger partial charge on any atom is 0.130 e. The summed E-state index contributed by atoms with van der Waals surface area (Å²) in [5.41, 5.74) is 0. The van der Waals surface area contributed by atoms with E-state index in [9.17, 15) is 0 Å². The van der Waals surface area contributed by atoms with Gasteiger partial charge in [0.1, 0.15) is 17.2 Å². The smallest absolute Gasteiger partial charge is 0.130 e. The maximum absolute atomic E-state index is 3.89. The van der Waals surface area contributed by atoms with Gasteiger partial charge in [-0.05, 0) is 25.1 Å². The van der Waals surface area contributed by atoms with Crippen LogP contribution in [0.2, 0.25) is 31.7 Å². The van der Waals surface area contributed by atoms with E-state index in [1.807, 2.05) is 0 Å². The molecular weight excluding hydrogens is 214 g/mol. The van der Waals surface area contributed by atoms with Gasteiger partial charge < -0.3 is 4.23 Å². The summed E-state index contributed by atoms with van der Waals surface area (Å²) in [5.74, 6) is 0. The van der Waals surface area contributed by atoms with E-state index in [1.54, 1.807) is 0 Å². The minimum Gasteiger partial charge on any atom is -0.346 e. The maximum atomic E-state index is 3.89. The van der Waals surface area contributed by atoms with Crippen LogP contribution in [-0.2, 0) is 0 Å². The molecule has 0 fully saturated rings. The van der Waals surface area contributed by atoms with Crippen molar-refractivity contribution in [2.45, 2.75) is 45.1 Å². The van der Waals surface area contributed by atoms with Crippen LogP contribution >= 0.6 is 0 Å². The Morgan fingerprint density at radius 3 is 2.27 bits per heavy atom. The molecule has 0 saturated carbocycles. The molecule has 0 aliphatic carbocycles. The summed E-state index contributed by atoms with van der Waals surface area (Å²) < 4.78 is 2.81. The zero-order valence-corrected chi connectivity index (χ0v) is 12.8. The fourth-order valence-electron chi connectivity index (χ4n) is 2.02. The molecular formula is C12H26NSi2. The summed E-state index contributed by atoms with van der Waals surface area (Å²) in [6.45, 7) is 18.6. The molecule has 87 valence electrons. The van der Waals surface area contributed by atoms with Gasteiger partial charge in [0.25, 0.3) is 0 Å². The summed E-state index contributed by atoms with van der Waals surface area (Å²) in [6.07, 6.45) is 5.43. The van der Waals surface area contributed by atoms with Crippen molar-refractivity contribution in [2.24, 2.45) is 0 Å². The molecule has 0 amide bonds. The van der Waals surface area contributed by atoms with Crippen LogP contribution < -0.4 is 0 Å². The van der Waals surface area contributed by atoms with Crippen molar-refractivity contribution in [1.29, 1.82) is 0 Å². The highest BCUT2D eigenvalue weighted by atomic mass is 28.4. The quantitative estimate of drug-likeness (QED) is 0.459. The SMILES string of the molecule is C=CC[Si](C)N(CCC)[Si](C)(C)CC=C. The lowest BCUT2D eigenvalue weighted by Crippen LogP contribution is -2.55. The lowest BCUT2D eigenvalue weighted by Gasteiger charge is -2.40. The van der Waals surface area contributed by atoms with Crippen LogP contribution in [0.3, 0.4) is 0 Å². The Bertz CT molecular complexity index is 202. The highest BCUT2D eigenvalue weighted by Gasteiger charge is 2.30. The molecule has 0 aliphatic rings. The molecule has 0 heterocycles. The molecule has 0 atom stereocenters. The second-order valence-electron chi connectivity index (χ2n) is 4.68. The molecule has 3 heteroatoms. The first kappa shape index (κ1) is 14.9. The Labute approximate surface area is 98.7 Å². The third-order valence-electron chi connectivity index (χ3n) is 2.72. The molecule has 1 radical (unpaired) electrons. The molecule has 0 unspecified atom stereocenters. The summed E-state index contributed by atoms with van der Waals surface area (Å²) in [7, 11) is -1.63. The molecule has 0 rings (SSSR count). The molecule has 0 aromatic rings. The van der Waals surface area contributed by atoms with Gasteiger partial charge in [0, 0.05) is 0 Å². The Morgan fingerprint density at radius 1 is 1.27 bits per heavy atom. The molecule has 0 saturated heterocycles. The van der Waals surface area contributed by atoms with E-state index in [0.29, 0.717) is 0 Å². The van der Waals surface area contributed by atoms with Gasteiger partial charge in [-0.1, -0.05) is 38.7 Å². The Kier molecular flexibility index (Phi) is 7.14. The van der Waals surface area contributed by atoms with Gasteiger partial charge in [0.2, 0.25) is 0 Å². The molecule has 0 spiro atoms. The summed E-state index contributed by atoms with van der Waals surface area (Å²) in [4.78, 5) is 0. The van der Waals surface area contributed by atoms with E-state index >= 15 is 0 Å². The van der Waals surface area contributed by atoms with Crippen molar-refractivity contribution < 1.29 is 0 Å². The predicted molar refractivity (Wildman–Crippen MR) is 76.1 cm³/mol. The number of nitrogens with zero attached hydrogens (tertiary/aromatic N) is 1. The second-order valence-corrected chi connectivity index (χ2v) is 12.1. The van der Waals surface area contributed by atoms with Crippen molar-refractivity contribution in [3.63, 3.8) is 0 Å². The van der Waals surface area contributed by atoms with E-state index in [-0.39, 0.29) is 0 Å². The summed E-state index contributed by atoms with van der Waals surface area (Å²) >= 11 is 0. The minimum atomic E-state index is -1.24. The van der Waals surface area contributed by atoms with Crippen molar-refractivity contribution in [3.8, 4) is 0 Å². The average Bonchev–Trinajstić information content (AvgIpc) is 2.14. The van der Waals surface area contributed by atoms with Crippen LogP contribution in [0.25, 0.3) is 0 Å². The number of hydrogen-bond donors (Lipinski definition) is 0. The number of allylic oxidation sites excluding steroid dienone is 2. The van der Waals surface area contributed by atoms with Crippen LogP contribution in [0.15, 0.2) is 25.3 Å². The average molecular weight is 241 g/mol. The monoisotopic (exact) mass is 240 g/mol. The highest BCUT2D eigenvalue weighted by molar-refractivity contribution is 6.84. The third kappa shape index (κ3) is 4.95. The first-order chi connectivity index (χ1) is 6.99. The predicted octanol–water partition coefficient (Wildman–Crippen LogP) is 3.90. The van der Waals surface area contributed by atoms with Crippen molar-refractivity contribution >= 4 is 17.2 Å². The van der Waals surface area contributed by atoms with E-state index in [4.69, 9.17) is 0 Å². The standard InChI is InChI=1S/C12H26NSi2/c1-7-10-13(14(4)11-8-2)15(5,6)12-9-3/h8-9H,2-3,7,10-12H2,1,4-6H3. The topological polar surface area (TPSA) is 3.24 Å². The van der Waals surface area contributed by atoms with E-state index < -0.39 is 17.2 Å². The fraction of sp³-hybridized carbons (Fsp3) is 0.667. The molecule has 0 N–H and O–H groups in total. The number of hydrogen-bond acceptors (Lipinski definition) is 1. The Hall–Kier alpha value is -0.126. The van der Waals surface area contributed by atoms with Crippen LogP contribution in [0.4, 0.5) is 0 Å². The number of rotatable bonds is 8. The van der Waals surface area contributed by atoms with Gasteiger partial charge in [-0.2, -0.15) is 0 Å². The van der Waals surface area contributed by atoms with Gasteiger partial charge in [-0.3, -0.25) is 0 Å². The highest BCUT2D eigenvalue weighted by Crippen LogP contribution is 2.19. The molecule has 0 aromatic heterocycles. The molecule has 15 heavy (non-hydrogen) atoms. The lowest BCUT2D eigenvalue weighted by molar-refractivity contribution is 0.610. The second kappa shape index (κ2) is 7.20. The van der Waals surface area contributed by atoms with Crippen LogP contribution in [0, 0.1) is 0 Å². The third-order valence-corrected chi connectivity index (χ3v) is 10.7. The zero-order chi connectivity index (χ0) is 11.9. The van der Waals surface area contributed by atoms with E-state index in [1.165, 1.54) is 25.1 Å². The van der Waals surface area contributed by atoms with Gasteiger partial charge >= 0.3 is 0 Å². The van der Waals surface area contributed by atoms with Crippen molar-refractivity contribution in [2.75, 3.05) is 6.54 Å². The summed E-state index contributed by atoms with van der Waals surface area (Å²) in [6, 6.07) is 2.39. The minimum absolute atomic E-state index is 0.391. The molecule has 1 nitrogen and oxygen atoms in total. The van der Waals surface area contributed by atoms with Gasteiger partial charge in [-0.15, -0.1) is 13.2 Å². The normalized spacial score (nSPS) is 12.1. The molecule has 0 aromatic carbocycles. The summed E-state index contributed by atoms with van der Waals surface area (Å²) in [5, 5.41) is 0. The molecule has 0 bridgehead atoms. The lowest BCUT2D eigenvalue weighted by atomic mass is 10.5. The fourth-order valence-corrected chi connectivity index (χ4v) is 9.70. The van der Waals surface area contributed by atoms with Crippen LogP contribution in [0.5, 0.6) is 0 Å². The first-order valence-corrected chi connectivity index (χ1v) is 11.1. The van der Waals surface area contributed by atoms with E-state index in [2.05, 4.69) is 56.1 Å². The Balaban J connectivity index is 4.60.